The molecule has 0 aliphatic heterocycles. The van der Waals surface area contributed by atoms with Crippen molar-refractivity contribution in [2.75, 3.05) is 0 Å². The normalized spacial score (nSPS) is 11.5. The van der Waals surface area contributed by atoms with Crippen LogP contribution in [-0.2, 0) is 0 Å². The third-order valence-electron chi connectivity index (χ3n) is 1.85. The van der Waals surface area contributed by atoms with E-state index >= 15 is 0 Å². The highest BCUT2D eigenvalue weighted by molar-refractivity contribution is 14.1. The molecule has 0 N–H and O–H groups in total. The number of rotatable bonds is 1. The SMILES string of the molecule is FC(F)c1cc(I)c2cc(S)sc2c1. The number of fused-ring (bicyclic) bond motifs is 1. The third kappa shape index (κ3) is 1.90. The molecule has 0 bridgehead atoms. The molecule has 2 rings (SSSR count). The van der Waals surface area contributed by atoms with Crippen LogP contribution in [0.4, 0.5) is 8.78 Å². The molecular weight excluding hydrogens is 337 g/mol. The van der Waals surface area contributed by atoms with Gasteiger partial charge < -0.3 is 0 Å². The van der Waals surface area contributed by atoms with Gasteiger partial charge in [-0.3, -0.25) is 0 Å². The van der Waals surface area contributed by atoms with Crippen molar-refractivity contribution in [3.8, 4) is 0 Å². The molecule has 1 heterocycles. The van der Waals surface area contributed by atoms with Crippen LogP contribution in [0.25, 0.3) is 10.1 Å². The van der Waals surface area contributed by atoms with Gasteiger partial charge in [-0.15, -0.1) is 24.0 Å². The maximum absolute atomic E-state index is 12.5. The summed E-state index contributed by atoms with van der Waals surface area (Å²) >= 11 is 7.70. The van der Waals surface area contributed by atoms with Crippen molar-refractivity contribution in [1.82, 2.24) is 0 Å². The number of thiophene rings is 1. The van der Waals surface area contributed by atoms with Crippen molar-refractivity contribution >= 4 is 56.6 Å². The fourth-order valence-corrected chi connectivity index (χ4v) is 3.52. The van der Waals surface area contributed by atoms with Crippen molar-refractivity contribution in [2.24, 2.45) is 0 Å². The molecule has 1 aromatic carbocycles. The molecule has 0 atom stereocenters. The minimum Gasteiger partial charge on any atom is -0.205 e. The molecule has 0 radical (unpaired) electrons. The summed E-state index contributed by atoms with van der Waals surface area (Å²) in [6.07, 6.45) is -2.40. The van der Waals surface area contributed by atoms with Gasteiger partial charge in [-0.05, 0) is 40.8 Å². The number of benzene rings is 1. The zero-order valence-corrected chi connectivity index (χ0v) is 10.7. The minimum absolute atomic E-state index is 0.0806. The van der Waals surface area contributed by atoms with Crippen LogP contribution in [0.5, 0.6) is 0 Å². The van der Waals surface area contributed by atoms with E-state index in [9.17, 15) is 8.78 Å². The fourth-order valence-electron chi connectivity index (χ4n) is 1.23. The zero-order chi connectivity index (χ0) is 10.3. The van der Waals surface area contributed by atoms with Crippen LogP contribution in [0, 0.1) is 3.57 Å². The van der Waals surface area contributed by atoms with Crippen LogP contribution >= 0.6 is 46.6 Å². The van der Waals surface area contributed by atoms with Gasteiger partial charge >= 0.3 is 0 Å². The van der Waals surface area contributed by atoms with E-state index in [1.54, 1.807) is 0 Å². The Morgan fingerprint density at radius 2 is 2.00 bits per heavy atom. The molecule has 1 aromatic heterocycles. The molecule has 14 heavy (non-hydrogen) atoms. The van der Waals surface area contributed by atoms with E-state index in [-0.39, 0.29) is 5.56 Å². The van der Waals surface area contributed by atoms with Crippen molar-refractivity contribution in [3.63, 3.8) is 0 Å². The molecule has 0 aliphatic rings. The molecule has 2 aromatic rings. The van der Waals surface area contributed by atoms with Crippen molar-refractivity contribution in [2.45, 2.75) is 10.6 Å². The van der Waals surface area contributed by atoms with E-state index in [1.807, 2.05) is 6.07 Å². The first-order valence-electron chi connectivity index (χ1n) is 3.78. The average Bonchev–Trinajstić information content (AvgIpc) is 2.45. The van der Waals surface area contributed by atoms with Crippen LogP contribution in [0.15, 0.2) is 22.4 Å². The topological polar surface area (TPSA) is 0 Å². The second kappa shape index (κ2) is 3.94. The number of alkyl halides is 2. The Labute approximate surface area is 103 Å². The molecule has 0 fully saturated rings. The lowest BCUT2D eigenvalue weighted by atomic mass is 10.2. The van der Waals surface area contributed by atoms with Gasteiger partial charge in [-0.1, -0.05) is 0 Å². The highest BCUT2D eigenvalue weighted by atomic mass is 127. The Bertz CT molecular complexity index is 479. The predicted octanol–water partition coefficient (Wildman–Crippen LogP) is 4.73. The number of hydrogen-bond acceptors (Lipinski definition) is 2. The van der Waals surface area contributed by atoms with Crippen LogP contribution in [-0.4, -0.2) is 0 Å². The van der Waals surface area contributed by atoms with Crippen LogP contribution in [0.2, 0.25) is 0 Å². The molecule has 0 saturated carbocycles. The van der Waals surface area contributed by atoms with Gasteiger partial charge in [0, 0.05) is 19.2 Å². The molecular formula is C9H5F2IS2. The Morgan fingerprint density at radius 3 is 2.64 bits per heavy atom. The highest BCUT2D eigenvalue weighted by Gasteiger charge is 2.11. The Hall–Kier alpha value is 0.120. The number of thiol groups is 1. The highest BCUT2D eigenvalue weighted by Crippen LogP contribution is 2.34. The monoisotopic (exact) mass is 342 g/mol. The first kappa shape index (κ1) is 10.6. The molecule has 5 heteroatoms. The van der Waals surface area contributed by atoms with E-state index in [2.05, 4.69) is 35.2 Å². The van der Waals surface area contributed by atoms with Crippen molar-refractivity contribution < 1.29 is 8.78 Å². The molecule has 0 nitrogen and oxygen atoms in total. The minimum atomic E-state index is -2.40. The second-order valence-electron chi connectivity index (χ2n) is 2.80. The summed E-state index contributed by atoms with van der Waals surface area (Å²) in [6.45, 7) is 0. The first-order chi connectivity index (χ1) is 6.58. The fraction of sp³-hybridized carbons (Fsp3) is 0.111. The summed E-state index contributed by atoms with van der Waals surface area (Å²) in [5, 5.41) is 1.00. The second-order valence-corrected chi connectivity index (χ2v) is 5.83. The van der Waals surface area contributed by atoms with Crippen LogP contribution in [0.1, 0.15) is 12.0 Å². The van der Waals surface area contributed by atoms with Gasteiger partial charge in [0.05, 0.1) is 4.21 Å². The Morgan fingerprint density at radius 1 is 1.29 bits per heavy atom. The molecule has 0 unspecified atom stereocenters. The molecule has 0 spiro atoms. The summed E-state index contributed by atoms with van der Waals surface area (Å²) in [4.78, 5) is 0. The summed E-state index contributed by atoms with van der Waals surface area (Å²) in [7, 11) is 0. The van der Waals surface area contributed by atoms with Gasteiger partial charge in [-0.25, -0.2) is 8.78 Å². The molecule has 0 amide bonds. The number of halogens is 3. The van der Waals surface area contributed by atoms with Crippen LogP contribution < -0.4 is 0 Å². The number of hydrogen-bond donors (Lipinski definition) is 1. The van der Waals surface area contributed by atoms with Gasteiger partial charge in [-0.2, -0.15) is 0 Å². The Kier molecular flexibility index (Phi) is 2.99. The lowest BCUT2D eigenvalue weighted by Crippen LogP contribution is -1.84. The van der Waals surface area contributed by atoms with Crippen molar-refractivity contribution in [1.29, 1.82) is 0 Å². The maximum Gasteiger partial charge on any atom is 0.263 e. The van der Waals surface area contributed by atoms with E-state index < -0.39 is 6.43 Å². The zero-order valence-electron chi connectivity index (χ0n) is 6.80. The van der Waals surface area contributed by atoms with Gasteiger partial charge in [0.1, 0.15) is 0 Å². The first-order valence-corrected chi connectivity index (χ1v) is 6.12. The standard InChI is InChI=1S/C9H5F2IS2/c10-9(11)4-1-6(12)5-3-8(13)14-7(5)2-4/h1-3,9,13H. The van der Waals surface area contributed by atoms with E-state index in [0.717, 1.165) is 17.9 Å². The molecule has 0 aliphatic carbocycles. The quantitative estimate of drug-likeness (QED) is 0.562. The van der Waals surface area contributed by atoms with Gasteiger partial charge in [0.15, 0.2) is 0 Å². The Balaban J connectivity index is 2.71. The van der Waals surface area contributed by atoms with Crippen LogP contribution in [0.3, 0.4) is 0 Å². The smallest absolute Gasteiger partial charge is 0.205 e. The summed E-state index contributed by atoms with van der Waals surface area (Å²) in [5.74, 6) is 0. The summed E-state index contributed by atoms with van der Waals surface area (Å²) < 4.78 is 27.5. The van der Waals surface area contributed by atoms with Gasteiger partial charge in [0.25, 0.3) is 6.43 Å². The van der Waals surface area contributed by atoms with E-state index in [1.165, 1.54) is 23.5 Å². The molecule has 74 valence electrons. The summed E-state index contributed by atoms with van der Waals surface area (Å²) in [6, 6.07) is 4.96. The lowest BCUT2D eigenvalue weighted by Gasteiger charge is -2.01. The van der Waals surface area contributed by atoms with Gasteiger partial charge in [0.2, 0.25) is 0 Å². The van der Waals surface area contributed by atoms with E-state index in [4.69, 9.17) is 0 Å². The summed E-state index contributed by atoms with van der Waals surface area (Å²) in [5.41, 5.74) is 0.0806. The third-order valence-corrected chi connectivity index (χ3v) is 4.03. The predicted molar refractivity (Wildman–Crippen MR) is 66.8 cm³/mol. The largest absolute Gasteiger partial charge is 0.263 e. The van der Waals surface area contributed by atoms with E-state index in [0.29, 0.717) is 0 Å². The average molecular weight is 342 g/mol. The van der Waals surface area contributed by atoms with Crippen molar-refractivity contribution in [3.05, 3.63) is 27.3 Å². The maximum atomic E-state index is 12.5. The lowest BCUT2D eigenvalue weighted by molar-refractivity contribution is 0.151. The molecule has 0 saturated heterocycles.